The van der Waals surface area contributed by atoms with Crippen molar-refractivity contribution in [3.63, 3.8) is 0 Å². The maximum absolute atomic E-state index is 14.1. The number of rotatable bonds is 3. The molecule has 6 aromatic rings. The van der Waals surface area contributed by atoms with Crippen LogP contribution in [0.2, 0.25) is 0 Å². The lowest BCUT2D eigenvalue weighted by atomic mass is 9.96. The van der Waals surface area contributed by atoms with Crippen LogP contribution in [0.25, 0.3) is 52.2 Å². The summed E-state index contributed by atoms with van der Waals surface area (Å²) in [6.45, 7) is 0. The summed E-state index contributed by atoms with van der Waals surface area (Å²) in [5, 5.41) is 1.28. The molecule has 0 aliphatic heterocycles. The summed E-state index contributed by atoms with van der Waals surface area (Å²) in [7, 11) is 0. The van der Waals surface area contributed by atoms with Gasteiger partial charge in [0.1, 0.15) is 0 Å². The molecule has 0 aliphatic rings. The van der Waals surface area contributed by atoms with E-state index in [1.807, 2.05) is 109 Å². The summed E-state index contributed by atoms with van der Waals surface area (Å²) in [6.07, 6.45) is 0. The van der Waals surface area contributed by atoms with Gasteiger partial charge in [-0.1, -0.05) is 84.9 Å². The molecule has 0 radical (unpaired) electrons. The SMILES string of the molecule is O=c1c(-c2c(-c3ccccc3)sc3ccccc3c2=O)c(-c2ccccc2)sc2ccccc12. The van der Waals surface area contributed by atoms with Crippen LogP contribution in [-0.2, 0) is 0 Å². The van der Waals surface area contributed by atoms with Crippen LogP contribution in [-0.4, -0.2) is 0 Å². The topological polar surface area (TPSA) is 34.1 Å². The summed E-state index contributed by atoms with van der Waals surface area (Å²) in [4.78, 5) is 29.8. The van der Waals surface area contributed by atoms with E-state index in [2.05, 4.69) is 0 Å². The van der Waals surface area contributed by atoms with Gasteiger partial charge in [0, 0.05) is 29.9 Å². The first-order chi connectivity index (χ1) is 16.7. The van der Waals surface area contributed by atoms with E-state index in [4.69, 9.17) is 0 Å². The van der Waals surface area contributed by atoms with Crippen molar-refractivity contribution in [1.82, 2.24) is 0 Å². The Hall–Kier alpha value is -3.86. The molecule has 4 aromatic carbocycles. The molecule has 0 amide bonds. The van der Waals surface area contributed by atoms with Crippen molar-refractivity contribution in [3.05, 3.63) is 130 Å². The molecule has 0 saturated carbocycles. The van der Waals surface area contributed by atoms with Gasteiger partial charge < -0.3 is 0 Å². The van der Waals surface area contributed by atoms with Gasteiger partial charge in [-0.05, 0) is 35.4 Å². The fraction of sp³-hybridized carbons (Fsp3) is 0. The Kier molecular flexibility index (Phi) is 5.17. The van der Waals surface area contributed by atoms with Crippen LogP contribution in [0.1, 0.15) is 0 Å². The molecule has 162 valence electrons. The fourth-order valence-corrected chi connectivity index (χ4v) is 6.70. The fourth-order valence-electron chi connectivity index (χ4n) is 4.32. The molecule has 0 atom stereocenters. The van der Waals surface area contributed by atoms with Crippen molar-refractivity contribution in [2.75, 3.05) is 0 Å². The summed E-state index contributed by atoms with van der Waals surface area (Å²) in [5.74, 6) is 0. The second kappa shape index (κ2) is 8.49. The average molecular weight is 475 g/mol. The van der Waals surface area contributed by atoms with Crippen molar-refractivity contribution in [2.45, 2.75) is 0 Å². The molecule has 34 heavy (non-hydrogen) atoms. The van der Waals surface area contributed by atoms with Crippen molar-refractivity contribution in [3.8, 4) is 32.0 Å². The van der Waals surface area contributed by atoms with Gasteiger partial charge in [-0.3, -0.25) is 9.59 Å². The van der Waals surface area contributed by atoms with Gasteiger partial charge in [-0.2, -0.15) is 0 Å². The quantitative estimate of drug-likeness (QED) is 0.262. The highest BCUT2D eigenvalue weighted by Gasteiger charge is 2.23. The standard InChI is InChI=1S/C30H18O2S2/c31-27-21-15-7-9-17-23(21)33-29(19-11-3-1-4-12-19)25(27)26-28(32)22-16-8-10-18-24(22)34-30(26)20-13-5-2-6-14-20/h1-18H. The van der Waals surface area contributed by atoms with Crippen LogP contribution in [0.15, 0.2) is 119 Å². The van der Waals surface area contributed by atoms with Crippen LogP contribution in [0.5, 0.6) is 0 Å². The Labute approximate surface area is 204 Å². The Bertz CT molecular complexity index is 1650. The van der Waals surface area contributed by atoms with E-state index in [9.17, 15) is 9.59 Å². The van der Waals surface area contributed by atoms with E-state index in [0.29, 0.717) is 21.9 Å². The summed E-state index contributed by atoms with van der Waals surface area (Å²) >= 11 is 3.12. The molecule has 2 nitrogen and oxygen atoms in total. The first-order valence-electron chi connectivity index (χ1n) is 11.0. The molecule has 0 fully saturated rings. The van der Waals surface area contributed by atoms with Gasteiger partial charge in [-0.15, -0.1) is 22.7 Å². The monoisotopic (exact) mass is 474 g/mol. The molecule has 6 rings (SSSR count). The number of fused-ring (bicyclic) bond motifs is 2. The Morgan fingerprint density at radius 2 is 0.765 bits per heavy atom. The van der Waals surface area contributed by atoms with E-state index < -0.39 is 0 Å². The van der Waals surface area contributed by atoms with Gasteiger partial charge in [0.2, 0.25) is 0 Å². The van der Waals surface area contributed by atoms with Crippen LogP contribution in [0.3, 0.4) is 0 Å². The molecule has 0 aliphatic carbocycles. The average Bonchev–Trinajstić information content (AvgIpc) is 2.90. The van der Waals surface area contributed by atoms with Gasteiger partial charge in [-0.25, -0.2) is 0 Å². The molecule has 4 heteroatoms. The first-order valence-corrected chi connectivity index (χ1v) is 12.6. The van der Waals surface area contributed by atoms with Crippen LogP contribution >= 0.6 is 22.7 Å². The zero-order chi connectivity index (χ0) is 23.1. The minimum absolute atomic E-state index is 0.107. The van der Waals surface area contributed by atoms with Crippen LogP contribution in [0.4, 0.5) is 0 Å². The second-order valence-electron chi connectivity index (χ2n) is 7.99. The van der Waals surface area contributed by atoms with Crippen LogP contribution < -0.4 is 10.9 Å². The van der Waals surface area contributed by atoms with E-state index in [1.54, 1.807) is 22.7 Å². The van der Waals surface area contributed by atoms with Crippen molar-refractivity contribution in [1.29, 1.82) is 0 Å². The van der Waals surface area contributed by atoms with E-state index in [-0.39, 0.29) is 10.9 Å². The van der Waals surface area contributed by atoms with Crippen molar-refractivity contribution >= 4 is 42.8 Å². The smallest absolute Gasteiger partial charge is 0.196 e. The predicted molar refractivity (Wildman–Crippen MR) is 146 cm³/mol. The molecular formula is C30H18O2S2. The summed E-state index contributed by atoms with van der Waals surface area (Å²) in [5.41, 5.74) is 2.63. The van der Waals surface area contributed by atoms with E-state index >= 15 is 0 Å². The highest BCUT2D eigenvalue weighted by Crippen LogP contribution is 2.42. The highest BCUT2D eigenvalue weighted by molar-refractivity contribution is 7.23. The van der Waals surface area contributed by atoms with Gasteiger partial charge >= 0.3 is 0 Å². The second-order valence-corrected chi connectivity index (χ2v) is 10.1. The molecular weight excluding hydrogens is 456 g/mol. The Morgan fingerprint density at radius 1 is 0.412 bits per heavy atom. The van der Waals surface area contributed by atoms with Gasteiger partial charge in [0.05, 0.1) is 11.1 Å². The molecule has 0 spiro atoms. The largest absolute Gasteiger partial charge is 0.288 e. The Balaban J connectivity index is 1.84. The summed E-state index contributed by atoms with van der Waals surface area (Å²) in [6, 6.07) is 35.1. The highest BCUT2D eigenvalue weighted by atomic mass is 32.1. The molecule has 0 N–H and O–H groups in total. The minimum Gasteiger partial charge on any atom is -0.288 e. The van der Waals surface area contributed by atoms with E-state index in [0.717, 1.165) is 30.3 Å². The number of hydrogen-bond acceptors (Lipinski definition) is 4. The van der Waals surface area contributed by atoms with Gasteiger partial charge in [0.25, 0.3) is 0 Å². The lowest BCUT2D eigenvalue weighted by molar-refractivity contribution is 1.59. The third kappa shape index (κ3) is 3.39. The van der Waals surface area contributed by atoms with E-state index in [1.165, 1.54) is 0 Å². The van der Waals surface area contributed by atoms with Crippen molar-refractivity contribution in [2.24, 2.45) is 0 Å². The molecule has 0 saturated heterocycles. The molecule has 0 bridgehead atoms. The third-order valence-electron chi connectivity index (χ3n) is 5.92. The zero-order valence-electron chi connectivity index (χ0n) is 18.0. The lowest BCUT2D eigenvalue weighted by Crippen LogP contribution is -2.14. The number of benzene rings is 4. The predicted octanol–water partition coefficient (Wildman–Crippen LogP) is 7.84. The molecule has 0 unspecified atom stereocenters. The third-order valence-corrected chi connectivity index (χ3v) is 8.36. The van der Waals surface area contributed by atoms with Gasteiger partial charge in [0.15, 0.2) is 10.9 Å². The molecule has 2 aromatic heterocycles. The number of hydrogen-bond donors (Lipinski definition) is 0. The Morgan fingerprint density at radius 3 is 1.18 bits per heavy atom. The first kappa shape index (κ1) is 20.7. The van der Waals surface area contributed by atoms with Crippen molar-refractivity contribution < 1.29 is 0 Å². The molecule has 2 heterocycles. The zero-order valence-corrected chi connectivity index (χ0v) is 19.7. The van der Waals surface area contributed by atoms with Crippen LogP contribution in [0, 0.1) is 0 Å². The minimum atomic E-state index is -0.107. The lowest BCUT2D eigenvalue weighted by Gasteiger charge is -2.15. The maximum Gasteiger partial charge on any atom is 0.196 e. The normalized spacial score (nSPS) is 11.2. The maximum atomic E-state index is 14.1. The summed E-state index contributed by atoms with van der Waals surface area (Å²) < 4.78 is 1.82.